The Morgan fingerprint density at radius 1 is 0.267 bits per heavy atom. The first kappa shape index (κ1) is 88.1. The Morgan fingerprint density at radius 2 is 0.444 bits per heavy atom. The zero-order chi connectivity index (χ0) is 66.1. The quantitative estimate of drug-likeness (QED) is 0.0222. The highest BCUT2D eigenvalue weighted by molar-refractivity contribution is 7.47. The Bertz CT molecular complexity index is 1720. The van der Waals surface area contributed by atoms with E-state index in [1.54, 1.807) is 0 Å². The number of phosphoric acid groups is 2. The van der Waals surface area contributed by atoms with Crippen molar-refractivity contribution >= 4 is 39.5 Å². The van der Waals surface area contributed by atoms with Crippen LogP contribution in [0.4, 0.5) is 0 Å². The van der Waals surface area contributed by atoms with Crippen LogP contribution in [-0.2, 0) is 65.4 Å². The van der Waals surface area contributed by atoms with Crippen LogP contribution in [0.2, 0.25) is 0 Å². The van der Waals surface area contributed by atoms with Crippen LogP contribution in [0.25, 0.3) is 0 Å². The molecule has 17 nitrogen and oxygen atoms in total. The largest absolute Gasteiger partial charge is 0.472 e. The van der Waals surface area contributed by atoms with Crippen molar-refractivity contribution in [3.63, 3.8) is 0 Å². The fourth-order valence-electron chi connectivity index (χ4n) is 10.9. The zero-order valence-electron chi connectivity index (χ0n) is 58.1. The molecule has 0 aliphatic heterocycles. The van der Waals surface area contributed by atoms with Crippen LogP contribution in [0, 0.1) is 0 Å². The van der Waals surface area contributed by atoms with Crippen LogP contribution in [-0.4, -0.2) is 96.7 Å². The second-order valence-corrected chi connectivity index (χ2v) is 28.5. The maximum absolute atomic E-state index is 13.0. The molecule has 0 aliphatic rings. The monoisotopic (exact) mass is 1320 g/mol. The Hall–Kier alpha value is -1.94. The summed E-state index contributed by atoms with van der Waals surface area (Å²) in [4.78, 5) is 72.3. The first-order valence-electron chi connectivity index (χ1n) is 37.3. The molecule has 5 atom stereocenters. The summed E-state index contributed by atoms with van der Waals surface area (Å²) in [5.41, 5.74) is 0. The van der Waals surface area contributed by atoms with Crippen LogP contribution in [0.5, 0.6) is 0 Å². The lowest BCUT2D eigenvalue weighted by atomic mass is 10.0. The minimum Gasteiger partial charge on any atom is -0.462 e. The van der Waals surface area contributed by atoms with E-state index >= 15 is 0 Å². The van der Waals surface area contributed by atoms with E-state index in [0.717, 1.165) is 96.3 Å². The predicted molar refractivity (Wildman–Crippen MR) is 363 cm³/mol. The molecule has 0 rings (SSSR count). The summed E-state index contributed by atoms with van der Waals surface area (Å²) in [6.45, 7) is 4.87. The van der Waals surface area contributed by atoms with Gasteiger partial charge in [0.25, 0.3) is 0 Å². The fourth-order valence-corrected chi connectivity index (χ4v) is 12.4. The second-order valence-electron chi connectivity index (χ2n) is 25.6. The van der Waals surface area contributed by atoms with E-state index in [-0.39, 0.29) is 25.7 Å². The SMILES string of the molecule is CCCCCCCCCCCCCCCCCCCCC(=O)O[C@H](COC(=O)CCCCCCCCCCCCCCCCCC)COP(=O)(O)OC[C@@H](O)COP(=O)(O)OC[C@@H](COC(=O)CCCCCCC)OC(=O)CCCCCCCCCCCCC. The van der Waals surface area contributed by atoms with Gasteiger partial charge in [0.05, 0.1) is 26.4 Å². The number of hydrogen-bond acceptors (Lipinski definition) is 15. The van der Waals surface area contributed by atoms with Crippen molar-refractivity contribution in [2.45, 2.75) is 393 Å². The number of carbonyl (C=O) groups is 4. The number of hydrogen-bond donors (Lipinski definition) is 3. The molecule has 0 radical (unpaired) electrons. The van der Waals surface area contributed by atoms with Gasteiger partial charge < -0.3 is 33.8 Å². The molecule has 0 heterocycles. The highest BCUT2D eigenvalue weighted by atomic mass is 31.2. The van der Waals surface area contributed by atoms with Crippen molar-refractivity contribution in [2.75, 3.05) is 39.6 Å². The van der Waals surface area contributed by atoms with Gasteiger partial charge >= 0.3 is 39.5 Å². The van der Waals surface area contributed by atoms with Crippen molar-refractivity contribution < 1.29 is 80.2 Å². The van der Waals surface area contributed by atoms with E-state index in [2.05, 4.69) is 27.7 Å². The van der Waals surface area contributed by atoms with Crippen molar-refractivity contribution in [2.24, 2.45) is 0 Å². The van der Waals surface area contributed by atoms with Crippen LogP contribution >= 0.6 is 15.6 Å². The highest BCUT2D eigenvalue weighted by Gasteiger charge is 2.30. The average Bonchev–Trinajstić information content (AvgIpc) is 3.73. The van der Waals surface area contributed by atoms with Gasteiger partial charge in [-0.05, 0) is 25.7 Å². The van der Waals surface area contributed by atoms with Gasteiger partial charge in [0.2, 0.25) is 0 Å². The molecule has 0 bridgehead atoms. The summed E-state index contributed by atoms with van der Waals surface area (Å²) in [6.07, 6.45) is 54.5. The van der Waals surface area contributed by atoms with Gasteiger partial charge in [-0.1, -0.05) is 323 Å². The lowest BCUT2D eigenvalue weighted by Crippen LogP contribution is -2.30. The number of aliphatic hydroxyl groups is 1. The normalized spacial score (nSPS) is 14.0. The molecule has 0 aliphatic carbocycles. The van der Waals surface area contributed by atoms with Crippen molar-refractivity contribution in [1.29, 1.82) is 0 Å². The van der Waals surface area contributed by atoms with Crippen molar-refractivity contribution in [3.05, 3.63) is 0 Å². The standard InChI is InChI=1S/C71H138O17P2/c1-5-9-13-17-20-23-26-28-30-32-33-35-37-40-43-46-50-54-58-71(76)88-67(62-82-69(74)56-52-48-44-41-39-36-34-31-29-27-24-21-18-14-10-6-2)64-86-90(79,80)84-60-65(72)59-83-89(77,78)85-63-66(61-81-68(73)55-51-47-16-12-8-4)87-70(75)57-53-49-45-42-38-25-22-19-15-11-7-3/h65-67,72H,5-64H2,1-4H3,(H,77,78)(H,79,80)/t65-,66+,67+/m0/s1. The maximum atomic E-state index is 13.0. The number of rotatable bonds is 72. The number of carbonyl (C=O) groups excluding carboxylic acids is 4. The lowest BCUT2D eigenvalue weighted by Gasteiger charge is -2.21. The third-order valence-corrected chi connectivity index (χ3v) is 18.5. The smallest absolute Gasteiger partial charge is 0.462 e. The predicted octanol–water partition coefficient (Wildman–Crippen LogP) is 20.7. The molecule has 19 heteroatoms. The van der Waals surface area contributed by atoms with Crippen molar-refractivity contribution in [3.8, 4) is 0 Å². The minimum atomic E-state index is -4.95. The summed E-state index contributed by atoms with van der Waals surface area (Å²) >= 11 is 0. The zero-order valence-corrected chi connectivity index (χ0v) is 59.9. The number of ether oxygens (including phenoxy) is 4. The molecule has 2 unspecified atom stereocenters. The topological polar surface area (TPSA) is 237 Å². The van der Waals surface area contributed by atoms with E-state index in [1.807, 2.05) is 0 Å². The summed E-state index contributed by atoms with van der Waals surface area (Å²) in [5.74, 6) is -2.13. The highest BCUT2D eigenvalue weighted by Crippen LogP contribution is 2.45. The van der Waals surface area contributed by atoms with Gasteiger partial charge in [0.15, 0.2) is 12.2 Å². The molecule has 0 amide bonds. The molecule has 0 fully saturated rings. The van der Waals surface area contributed by atoms with Crippen LogP contribution in [0.15, 0.2) is 0 Å². The first-order chi connectivity index (χ1) is 43.7. The van der Waals surface area contributed by atoms with Crippen molar-refractivity contribution in [1.82, 2.24) is 0 Å². The molecular formula is C71H138O17P2. The van der Waals surface area contributed by atoms with Gasteiger partial charge in [0, 0.05) is 25.7 Å². The molecule has 0 aromatic carbocycles. The third kappa shape index (κ3) is 64.8. The van der Waals surface area contributed by atoms with Crippen LogP contribution < -0.4 is 0 Å². The van der Waals surface area contributed by atoms with Gasteiger partial charge in [-0.2, -0.15) is 0 Å². The number of esters is 4. The molecule has 90 heavy (non-hydrogen) atoms. The molecule has 0 spiro atoms. The van der Waals surface area contributed by atoms with E-state index in [0.29, 0.717) is 25.7 Å². The van der Waals surface area contributed by atoms with Gasteiger partial charge in [-0.3, -0.25) is 37.3 Å². The number of aliphatic hydroxyl groups excluding tert-OH is 1. The Morgan fingerprint density at radius 3 is 0.656 bits per heavy atom. The summed E-state index contributed by atoms with van der Waals surface area (Å²) in [5, 5.41) is 10.6. The molecule has 534 valence electrons. The summed E-state index contributed by atoms with van der Waals surface area (Å²) in [6, 6.07) is 0. The summed E-state index contributed by atoms with van der Waals surface area (Å²) in [7, 11) is -9.89. The Balaban J connectivity index is 5.14. The molecule has 0 aromatic heterocycles. The second kappa shape index (κ2) is 65.7. The Kier molecular flexibility index (Phi) is 64.3. The van der Waals surface area contributed by atoms with E-state index < -0.39 is 97.5 Å². The molecule has 0 saturated carbocycles. The van der Waals surface area contributed by atoms with Gasteiger partial charge in [-0.15, -0.1) is 0 Å². The number of unbranched alkanes of at least 4 members (excludes halogenated alkanes) is 46. The van der Waals surface area contributed by atoms with E-state index in [1.165, 1.54) is 199 Å². The molecule has 0 aromatic rings. The third-order valence-electron chi connectivity index (χ3n) is 16.6. The first-order valence-corrected chi connectivity index (χ1v) is 40.3. The van der Waals surface area contributed by atoms with Crippen LogP contribution in [0.3, 0.4) is 0 Å². The van der Waals surface area contributed by atoms with Gasteiger partial charge in [0.1, 0.15) is 19.3 Å². The lowest BCUT2D eigenvalue weighted by molar-refractivity contribution is -0.161. The van der Waals surface area contributed by atoms with E-state index in [4.69, 9.17) is 37.0 Å². The average molecular weight is 1330 g/mol. The van der Waals surface area contributed by atoms with Gasteiger partial charge in [-0.25, -0.2) is 9.13 Å². The van der Waals surface area contributed by atoms with E-state index in [9.17, 15) is 43.2 Å². The fraction of sp³-hybridized carbons (Fsp3) is 0.944. The van der Waals surface area contributed by atoms with Crippen LogP contribution in [0.1, 0.15) is 374 Å². The Labute approximate surface area is 549 Å². The molecule has 3 N–H and O–H groups in total. The molecule has 0 saturated heterocycles. The molecular weight excluding hydrogens is 1190 g/mol. The minimum absolute atomic E-state index is 0.106. The number of phosphoric ester groups is 2. The maximum Gasteiger partial charge on any atom is 0.472 e. The summed E-state index contributed by atoms with van der Waals surface area (Å²) < 4.78 is 68.1.